The van der Waals surface area contributed by atoms with Crippen LogP contribution < -0.4 is 5.32 Å². The molecule has 106 valence electrons. The zero-order valence-corrected chi connectivity index (χ0v) is 11.5. The number of amides is 1. The topological polar surface area (TPSA) is 90.2 Å². The molecule has 0 heterocycles. The van der Waals surface area contributed by atoms with Crippen molar-refractivity contribution in [2.24, 2.45) is 0 Å². The van der Waals surface area contributed by atoms with Crippen LogP contribution in [0.4, 0.5) is 4.39 Å². The lowest BCUT2D eigenvalue weighted by Gasteiger charge is -2.12. The molecule has 0 saturated carbocycles. The van der Waals surface area contributed by atoms with E-state index in [1.165, 1.54) is 30.8 Å². The van der Waals surface area contributed by atoms with Crippen molar-refractivity contribution in [2.75, 3.05) is 5.75 Å². The van der Waals surface area contributed by atoms with Gasteiger partial charge in [0.2, 0.25) is 5.91 Å². The van der Waals surface area contributed by atoms with E-state index in [0.29, 0.717) is 5.56 Å². The summed E-state index contributed by atoms with van der Waals surface area (Å²) in [5, 5.41) is 19.8. The summed E-state index contributed by atoms with van der Waals surface area (Å²) in [5.41, 5.74) is 0.624. The van der Waals surface area contributed by atoms with Crippen molar-refractivity contribution in [1.29, 1.82) is 5.26 Å². The second-order valence-electron chi connectivity index (χ2n) is 4.02. The third-order valence-corrected chi connectivity index (χ3v) is 3.48. The molecule has 1 aromatic rings. The smallest absolute Gasteiger partial charge is 0.327 e. The Morgan fingerprint density at radius 1 is 1.55 bits per heavy atom. The van der Waals surface area contributed by atoms with Crippen LogP contribution in [0.2, 0.25) is 0 Å². The van der Waals surface area contributed by atoms with E-state index in [9.17, 15) is 14.0 Å². The second-order valence-corrected chi connectivity index (χ2v) is 5.05. The van der Waals surface area contributed by atoms with Gasteiger partial charge >= 0.3 is 5.97 Å². The summed E-state index contributed by atoms with van der Waals surface area (Å²) < 4.78 is 13.6. The van der Waals surface area contributed by atoms with Gasteiger partial charge in [0.05, 0.1) is 11.6 Å². The predicted molar refractivity (Wildman–Crippen MR) is 72.5 cm³/mol. The van der Waals surface area contributed by atoms with Crippen LogP contribution in [0.3, 0.4) is 0 Å². The molecule has 0 saturated heterocycles. The minimum absolute atomic E-state index is 0.133. The summed E-state index contributed by atoms with van der Waals surface area (Å²) in [6.07, 6.45) is 0. The van der Waals surface area contributed by atoms with Gasteiger partial charge in [0.25, 0.3) is 0 Å². The Morgan fingerprint density at radius 3 is 2.75 bits per heavy atom. The number of carboxylic acid groups (broad SMARTS) is 1. The number of hydrogen-bond acceptors (Lipinski definition) is 4. The Labute approximate surface area is 119 Å². The first-order valence-electron chi connectivity index (χ1n) is 5.70. The monoisotopic (exact) mass is 296 g/mol. The lowest BCUT2D eigenvalue weighted by Crippen LogP contribution is -2.41. The van der Waals surface area contributed by atoms with Crippen molar-refractivity contribution in [1.82, 2.24) is 5.32 Å². The fourth-order valence-electron chi connectivity index (χ4n) is 1.44. The number of rotatable bonds is 6. The van der Waals surface area contributed by atoms with Crippen molar-refractivity contribution in [3.63, 3.8) is 0 Å². The Morgan fingerprint density at radius 2 is 2.25 bits per heavy atom. The maximum absolute atomic E-state index is 13.6. The minimum atomic E-state index is -1.13. The molecular weight excluding hydrogens is 283 g/mol. The number of carbonyl (C=O) groups is 2. The summed E-state index contributed by atoms with van der Waals surface area (Å²) in [4.78, 5) is 21.7. The third-order valence-electron chi connectivity index (χ3n) is 2.40. The van der Waals surface area contributed by atoms with Crippen molar-refractivity contribution < 1.29 is 19.1 Å². The second kappa shape index (κ2) is 7.50. The molecule has 7 heteroatoms. The number of carbonyl (C=O) groups excluding carboxylic acids is 1. The van der Waals surface area contributed by atoms with Crippen LogP contribution in [0.5, 0.6) is 0 Å². The van der Waals surface area contributed by atoms with E-state index in [-0.39, 0.29) is 17.1 Å². The molecular formula is C13H13FN2O3S. The maximum atomic E-state index is 13.6. The summed E-state index contributed by atoms with van der Waals surface area (Å²) >= 11 is 1.19. The van der Waals surface area contributed by atoms with Crippen LogP contribution in [0.25, 0.3) is 0 Å². The van der Waals surface area contributed by atoms with Gasteiger partial charge in [-0.25, -0.2) is 9.18 Å². The molecule has 0 aliphatic heterocycles. The van der Waals surface area contributed by atoms with Gasteiger partial charge in [0, 0.05) is 18.4 Å². The van der Waals surface area contributed by atoms with E-state index >= 15 is 0 Å². The molecule has 0 aliphatic carbocycles. The molecule has 0 fully saturated rings. The highest BCUT2D eigenvalue weighted by molar-refractivity contribution is 7.98. The minimum Gasteiger partial charge on any atom is -0.480 e. The standard InChI is InChI=1S/C13H13FN2O3S/c1-8(17)16-12(13(18)19)7-20-6-10-3-2-9(5-15)4-11(10)14/h2-4,12H,6-7H2,1H3,(H,16,17)(H,18,19). The van der Waals surface area contributed by atoms with E-state index in [0.717, 1.165) is 6.07 Å². The fraction of sp³-hybridized carbons (Fsp3) is 0.308. The molecule has 0 spiro atoms. The number of benzene rings is 1. The first-order valence-corrected chi connectivity index (χ1v) is 6.85. The third kappa shape index (κ3) is 4.90. The van der Waals surface area contributed by atoms with Crippen molar-refractivity contribution in [2.45, 2.75) is 18.7 Å². The van der Waals surface area contributed by atoms with Crippen LogP contribution in [0.1, 0.15) is 18.1 Å². The number of carboxylic acids is 1. The van der Waals surface area contributed by atoms with E-state index in [1.54, 1.807) is 0 Å². The largest absolute Gasteiger partial charge is 0.480 e. The van der Waals surface area contributed by atoms with E-state index in [2.05, 4.69) is 5.32 Å². The molecule has 1 rings (SSSR count). The number of nitriles is 1. The number of nitrogens with zero attached hydrogens (tertiary/aromatic N) is 1. The zero-order valence-electron chi connectivity index (χ0n) is 10.7. The van der Waals surface area contributed by atoms with Gasteiger partial charge in [0.15, 0.2) is 0 Å². The van der Waals surface area contributed by atoms with Crippen LogP contribution in [-0.2, 0) is 15.3 Å². The molecule has 0 aliphatic rings. The van der Waals surface area contributed by atoms with Gasteiger partial charge in [-0.05, 0) is 17.7 Å². The predicted octanol–water partition coefficient (Wildman–Crippen LogP) is 1.52. The molecule has 1 atom stereocenters. The van der Waals surface area contributed by atoms with Gasteiger partial charge < -0.3 is 10.4 Å². The quantitative estimate of drug-likeness (QED) is 0.830. The maximum Gasteiger partial charge on any atom is 0.327 e. The SMILES string of the molecule is CC(=O)NC(CSCc1ccc(C#N)cc1F)C(=O)O. The van der Waals surface area contributed by atoms with Crippen molar-refractivity contribution in [3.05, 3.63) is 35.1 Å². The number of thioether (sulfide) groups is 1. The van der Waals surface area contributed by atoms with Crippen molar-refractivity contribution in [3.8, 4) is 6.07 Å². The summed E-state index contributed by atoms with van der Waals surface area (Å²) in [6.45, 7) is 1.24. The first kappa shape index (κ1) is 16.0. The van der Waals surface area contributed by atoms with Gasteiger partial charge in [-0.2, -0.15) is 17.0 Å². The van der Waals surface area contributed by atoms with E-state index in [1.807, 2.05) is 6.07 Å². The highest BCUT2D eigenvalue weighted by Gasteiger charge is 2.18. The van der Waals surface area contributed by atoms with Gasteiger partial charge in [0.1, 0.15) is 11.9 Å². The summed E-state index contributed by atoms with van der Waals surface area (Å²) in [5.74, 6) is -1.66. The lowest BCUT2D eigenvalue weighted by atomic mass is 10.1. The summed E-state index contributed by atoms with van der Waals surface area (Å²) in [7, 11) is 0. The van der Waals surface area contributed by atoms with Gasteiger partial charge in [-0.15, -0.1) is 0 Å². The molecule has 1 aromatic carbocycles. The number of nitrogens with one attached hydrogen (secondary N) is 1. The Bertz CT molecular complexity index is 557. The Balaban J connectivity index is 2.57. The van der Waals surface area contributed by atoms with E-state index in [4.69, 9.17) is 10.4 Å². The molecule has 0 aromatic heterocycles. The normalized spacial score (nSPS) is 11.4. The summed E-state index contributed by atoms with van der Waals surface area (Å²) in [6, 6.07) is 4.97. The van der Waals surface area contributed by atoms with Crippen LogP contribution in [-0.4, -0.2) is 28.8 Å². The first-order chi connectivity index (χ1) is 9.43. The lowest BCUT2D eigenvalue weighted by molar-refractivity contribution is -0.140. The van der Waals surface area contributed by atoms with Gasteiger partial charge in [-0.1, -0.05) is 6.07 Å². The molecule has 5 nitrogen and oxygen atoms in total. The number of hydrogen-bond donors (Lipinski definition) is 2. The average molecular weight is 296 g/mol. The zero-order chi connectivity index (χ0) is 15.1. The highest BCUT2D eigenvalue weighted by atomic mass is 32.2. The van der Waals surface area contributed by atoms with E-state index < -0.39 is 23.7 Å². The Hall–Kier alpha value is -2.07. The fourth-order valence-corrected chi connectivity index (χ4v) is 2.47. The molecule has 1 amide bonds. The number of aliphatic carboxylic acids is 1. The molecule has 0 bridgehead atoms. The Kier molecular flexibility index (Phi) is 6.00. The molecule has 20 heavy (non-hydrogen) atoms. The molecule has 1 unspecified atom stereocenters. The van der Waals surface area contributed by atoms with Crippen LogP contribution in [0, 0.1) is 17.1 Å². The molecule has 0 radical (unpaired) electrons. The average Bonchev–Trinajstić information content (AvgIpc) is 2.38. The van der Waals surface area contributed by atoms with Crippen molar-refractivity contribution >= 4 is 23.6 Å². The van der Waals surface area contributed by atoms with Gasteiger partial charge in [-0.3, -0.25) is 4.79 Å². The number of halogens is 1. The highest BCUT2D eigenvalue weighted by Crippen LogP contribution is 2.17. The van der Waals surface area contributed by atoms with Crippen LogP contribution >= 0.6 is 11.8 Å². The molecule has 2 N–H and O–H groups in total. The van der Waals surface area contributed by atoms with Crippen LogP contribution in [0.15, 0.2) is 18.2 Å².